The summed E-state index contributed by atoms with van der Waals surface area (Å²) in [4.78, 5) is 11.8. The highest BCUT2D eigenvalue weighted by Gasteiger charge is 2.53. The molecule has 1 aromatic heterocycles. The molecule has 1 aliphatic rings. The number of ether oxygens (including phenoxy) is 1. The fourth-order valence-corrected chi connectivity index (χ4v) is 3.42. The quantitative estimate of drug-likeness (QED) is 0.537. The number of aromatic nitrogens is 1. The zero-order valence-electron chi connectivity index (χ0n) is 15.4. The van der Waals surface area contributed by atoms with Crippen molar-refractivity contribution in [2.24, 2.45) is 0 Å². The SMILES string of the molecule is CCOC(=O)C(F)(F)c1cn(-c2ccc(F)c(C(F)F)c2)c2c1C(O)C(F)(F)CC2. The van der Waals surface area contributed by atoms with Gasteiger partial charge in [-0.05, 0) is 31.5 Å². The second kappa shape index (κ2) is 7.60. The lowest BCUT2D eigenvalue weighted by Gasteiger charge is -2.30. The van der Waals surface area contributed by atoms with Crippen molar-refractivity contribution in [3.05, 3.63) is 52.6 Å². The first-order chi connectivity index (χ1) is 13.9. The van der Waals surface area contributed by atoms with Gasteiger partial charge in [0, 0.05) is 29.6 Å². The average molecular weight is 439 g/mol. The predicted molar refractivity (Wildman–Crippen MR) is 89.4 cm³/mol. The van der Waals surface area contributed by atoms with Gasteiger partial charge in [0.1, 0.15) is 11.9 Å². The number of nitrogens with zero attached hydrogens (tertiary/aromatic N) is 1. The van der Waals surface area contributed by atoms with Crippen LogP contribution in [0.3, 0.4) is 0 Å². The molecule has 1 atom stereocenters. The van der Waals surface area contributed by atoms with Crippen molar-refractivity contribution < 1.29 is 45.4 Å². The molecule has 4 nitrogen and oxygen atoms in total. The van der Waals surface area contributed by atoms with Gasteiger partial charge in [-0.15, -0.1) is 0 Å². The molecule has 0 saturated carbocycles. The summed E-state index contributed by atoms with van der Waals surface area (Å²) in [5.74, 6) is -11.4. The van der Waals surface area contributed by atoms with Gasteiger partial charge in [-0.2, -0.15) is 8.78 Å². The van der Waals surface area contributed by atoms with Crippen molar-refractivity contribution in [2.45, 2.75) is 44.1 Å². The Balaban J connectivity index is 2.25. The minimum absolute atomic E-state index is 0.216. The maximum absolute atomic E-state index is 14.7. The molecule has 0 spiro atoms. The third-order valence-corrected chi connectivity index (χ3v) is 4.88. The van der Waals surface area contributed by atoms with Gasteiger partial charge >= 0.3 is 11.9 Å². The second-order valence-corrected chi connectivity index (χ2v) is 6.74. The minimum atomic E-state index is -4.40. The number of carbonyl (C=O) groups is 1. The monoisotopic (exact) mass is 439 g/mol. The van der Waals surface area contributed by atoms with E-state index in [-0.39, 0.29) is 11.4 Å². The van der Waals surface area contributed by atoms with Crippen molar-refractivity contribution in [1.29, 1.82) is 0 Å². The Labute approximate surface area is 165 Å². The number of benzene rings is 1. The van der Waals surface area contributed by atoms with Crippen molar-refractivity contribution in [3.63, 3.8) is 0 Å². The number of aliphatic hydroxyl groups is 1. The lowest BCUT2D eigenvalue weighted by Crippen LogP contribution is -2.35. The zero-order chi connectivity index (χ0) is 22.4. The summed E-state index contributed by atoms with van der Waals surface area (Å²) >= 11 is 0. The van der Waals surface area contributed by atoms with Gasteiger partial charge in [0.15, 0.2) is 0 Å². The molecule has 1 unspecified atom stereocenters. The van der Waals surface area contributed by atoms with E-state index in [1.807, 2.05) is 0 Å². The molecule has 0 amide bonds. The van der Waals surface area contributed by atoms with E-state index in [0.29, 0.717) is 18.3 Å². The fourth-order valence-electron chi connectivity index (χ4n) is 3.42. The van der Waals surface area contributed by atoms with E-state index in [9.17, 15) is 40.6 Å². The largest absolute Gasteiger partial charge is 0.461 e. The number of esters is 1. The van der Waals surface area contributed by atoms with Gasteiger partial charge in [0.2, 0.25) is 0 Å². The highest BCUT2D eigenvalue weighted by Crippen LogP contribution is 2.48. The summed E-state index contributed by atoms with van der Waals surface area (Å²) in [6, 6.07) is 2.36. The normalized spacial score (nSPS) is 18.4. The first-order valence-electron chi connectivity index (χ1n) is 8.85. The summed E-state index contributed by atoms with van der Waals surface area (Å²) in [6.07, 6.45) is -6.67. The van der Waals surface area contributed by atoms with Crippen LogP contribution in [0.4, 0.5) is 30.7 Å². The van der Waals surface area contributed by atoms with Crippen LogP contribution in [0.25, 0.3) is 5.69 Å². The minimum Gasteiger partial charge on any atom is -0.461 e. The van der Waals surface area contributed by atoms with Crippen LogP contribution in [0, 0.1) is 5.82 Å². The van der Waals surface area contributed by atoms with Gasteiger partial charge in [0.05, 0.1) is 17.7 Å². The van der Waals surface area contributed by atoms with Crippen molar-refractivity contribution in [3.8, 4) is 5.69 Å². The first kappa shape index (κ1) is 22.1. The van der Waals surface area contributed by atoms with E-state index in [1.165, 1.54) is 6.92 Å². The number of alkyl halides is 6. The number of hydrogen-bond donors (Lipinski definition) is 1. The highest BCUT2D eigenvalue weighted by molar-refractivity contribution is 5.80. The Morgan fingerprint density at radius 2 is 2.03 bits per heavy atom. The molecule has 0 fully saturated rings. The Kier molecular flexibility index (Phi) is 5.61. The van der Waals surface area contributed by atoms with Crippen LogP contribution >= 0.6 is 0 Å². The molecule has 0 bridgehead atoms. The maximum Gasteiger partial charge on any atom is 0.382 e. The smallest absolute Gasteiger partial charge is 0.382 e. The number of halogens is 7. The summed E-state index contributed by atoms with van der Waals surface area (Å²) in [7, 11) is 0. The molecule has 0 radical (unpaired) electrons. The van der Waals surface area contributed by atoms with E-state index in [0.717, 1.165) is 10.6 Å². The number of rotatable bonds is 5. The number of fused-ring (bicyclic) bond motifs is 1. The Morgan fingerprint density at radius 1 is 1.37 bits per heavy atom. The topological polar surface area (TPSA) is 51.5 Å². The van der Waals surface area contributed by atoms with E-state index in [1.54, 1.807) is 0 Å². The highest BCUT2D eigenvalue weighted by atomic mass is 19.3. The molecular weight excluding hydrogens is 423 g/mol. The standard InChI is InChI=1S/C19H16F7NO3/c1-2-30-17(29)19(25,26)11-8-27(9-3-4-12(20)10(7-9)16(21)22)13-5-6-18(23,24)15(28)14(11)13/h3-4,7-8,15-16,28H,2,5-6H2,1H3. The maximum atomic E-state index is 14.7. The molecule has 0 saturated heterocycles. The summed E-state index contributed by atoms with van der Waals surface area (Å²) in [6.45, 7) is 0.855. The van der Waals surface area contributed by atoms with Crippen molar-refractivity contribution in [1.82, 2.24) is 4.57 Å². The van der Waals surface area contributed by atoms with Crippen molar-refractivity contribution >= 4 is 5.97 Å². The second-order valence-electron chi connectivity index (χ2n) is 6.74. The molecule has 1 heterocycles. The van der Waals surface area contributed by atoms with Crippen LogP contribution in [-0.2, 0) is 21.9 Å². The van der Waals surface area contributed by atoms with Gasteiger partial charge in [0.25, 0.3) is 12.3 Å². The third-order valence-electron chi connectivity index (χ3n) is 4.88. The van der Waals surface area contributed by atoms with Crippen LogP contribution in [0.2, 0.25) is 0 Å². The molecule has 164 valence electrons. The van der Waals surface area contributed by atoms with E-state index in [2.05, 4.69) is 4.74 Å². The summed E-state index contributed by atoms with van der Waals surface area (Å²) in [5, 5.41) is 10.1. The number of aliphatic hydroxyl groups excluding tert-OH is 1. The third kappa shape index (κ3) is 3.55. The molecule has 1 N–H and O–H groups in total. The molecular formula is C19H16F7NO3. The van der Waals surface area contributed by atoms with E-state index >= 15 is 0 Å². The molecule has 1 aromatic carbocycles. The molecule has 3 rings (SSSR count). The van der Waals surface area contributed by atoms with Crippen LogP contribution in [0.15, 0.2) is 24.4 Å². The number of hydrogen-bond acceptors (Lipinski definition) is 3. The lowest BCUT2D eigenvalue weighted by molar-refractivity contribution is -0.174. The molecule has 0 aliphatic heterocycles. The van der Waals surface area contributed by atoms with Gasteiger partial charge < -0.3 is 14.4 Å². The fraction of sp³-hybridized carbons (Fsp3) is 0.421. The predicted octanol–water partition coefficient (Wildman–Crippen LogP) is 4.82. The molecule has 1 aliphatic carbocycles. The van der Waals surface area contributed by atoms with Gasteiger partial charge in [-0.3, -0.25) is 0 Å². The van der Waals surface area contributed by atoms with E-state index in [4.69, 9.17) is 0 Å². The lowest BCUT2D eigenvalue weighted by atomic mass is 9.87. The van der Waals surface area contributed by atoms with E-state index < -0.39 is 72.3 Å². The summed E-state index contributed by atoms with van der Waals surface area (Å²) in [5.41, 5.74) is -3.57. The summed E-state index contributed by atoms with van der Waals surface area (Å²) < 4.78 is 102. The molecule has 11 heteroatoms. The van der Waals surface area contributed by atoms with Crippen molar-refractivity contribution in [2.75, 3.05) is 6.61 Å². The Hall–Kier alpha value is -2.56. The number of carbonyl (C=O) groups excluding carboxylic acids is 1. The molecule has 30 heavy (non-hydrogen) atoms. The van der Waals surface area contributed by atoms with Gasteiger partial charge in [-0.1, -0.05) is 0 Å². The van der Waals surface area contributed by atoms with Crippen LogP contribution < -0.4 is 0 Å². The van der Waals surface area contributed by atoms with Gasteiger partial charge in [-0.25, -0.2) is 26.7 Å². The van der Waals surface area contributed by atoms with Crippen LogP contribution in [0.1, 0.15) is 48.3 Å². The van der Waals surface area contributed by atoms with Crippen LogP contribution in [-0.4, -0.2) is 28.2 Å². The molecule has 2 aromatic rings. The zero-order valence-corrected chi connectivity index (χ0v) is 15.4. The first-order valence-corrected chi connectivity index (χ1v) is 8.85. The average Bonchev–Trinajstić information content (AvgIpc) is 3.06. The Bertz CT molecular complexity index is 971. The Morgan fingerprint density at radius 3 is 2.63 bits per heavy atom. The van der Waals surface area contributed by atoms with Crippen LogP contribution in [0.5, 0.6) is 0 Å².